The van der Waals surface area contributed by atoms with Crippen LogP contribution in [0.25, 0.3) is 6.08 Å². The van der Waals surface area contributed by atoms with Crippen molar-refractivity contribution in [1.29, 1.82) is 0 Å². The average Bonchev–Trinajstić information content (AvgIpc) is 2.95. The minimum absolute atomic E-state index is 0.279. The summed E-state index contributed by atoms with van der Waals surface area (Å²) in [5.41, 5.74) is 0.759. The van der Waals surface area contributed by atoms with Crippen molar-refractivity contribution >= 4 is 35.4 Å². The van der Waals surface area contributed by atoms with Crippen LogP contribution < -0.4 is 5.32 Å². The summed E-state index contributed by atoms with van der Waals surface area (Å²) >= 11 is 5.87. The Bertz CT molecular complexity index is 755. The molecule has 7 heteroatoms. The van der Waals surface area contributed by atoms with Gasteiger partial charge in [0.05, 0.1) is 0 Å². The van der Waals surface area contributed by atoms with E-state index in [0.29, 0.717) is 17.2 Å². The van der Waals surface area contributed by atoms with Crippen LogP contribution in [-0.4, -0.2) is 23.1 Å². The Labute approximate surface area is 144 Å². The van der Waals surface area contributed by atoms with Gasteiger partial charge in [0.15, 0.2) is 11.9 Å². The predicted molar refractivity (Wildman–Crippen MR) is 90.5 cm³/mol. The Balaban J connectivity index is 1.93. The van der Waals surface area contributed by atoms with Crippen molar-refractivity contribution in [3.63, 3.8) is 0 Å². The van der Waals surface area contributed by atoms with Gasteiger partial charge in [-0.25, -0.2) is 4.79 Å². The minimum Gasteiger partial charge on any atom is -0.449 e. The highest BCUT2D eigenvalue weighted by molar-refractivity contribution is 6.30. The summed E-state index contributed by atoms with van der Waals surface area (Å²) in [5.74, 6) is -0.232. The average molecular weight is 349 g/mol. The van der Waals surface area contributed by atoms with Crippen molar-refractivity contribution < 1.29 is 18.8 Å². The molecule has 24 heavy (non-hydrogen) atoms. The van der Waals surface area contributed by atoms with Crippen LogP contribution in [0.5, 0.6) is 0 Å². The molecule has 0 aliphatic rings. The molecule has 2 aromatic rings. The quantitative estimate of drug-likeness (QED) is 0.637. The summed E-state index contributed by atoms with van der Waals surface area (Å²) in [4.78, 5) is 24.0. The third-order valence-electron chi connectivity index (χ3n) is 3.06. The molecule has 0 bridgehead atoms. The first-order chi connectivity index (χ1) is 11.5. The molecule has 1 aromatic heterocycles. The van der Waals surface area contributed by atoms with E-state index in [1.54, 1.807) is 50.3 Å². The molecule has 0 aliphatic heterocycles. The summed E-state index contributed by atoms with van der Waals surface area (Å²) in [6, 6.07) is 8.59. The standard InChI is InChI=1S/C17H17ClN2O4/c1-3-14(17(22)19-15-9-11(2)24-20-15)23-16(21)8-7-12-5-4-6-13(18)10-12/h4-10,14H,3H2,1-2H3,(H,19,20,22)/b8-7+. The van der Waals surface area contributed by atoms with Crippen molar-refractivity contribution in [2.75, 3.05) is 5.32 Å². The number of aromatic nitrogens is 1. The van der Waals surface area contributed by atoms with Crippen molar-refractivity contribution in [2.45, 2.75) is 26.4 Å². The highest BCUT2D eigenvalue weighted by atomic mass is 35.5. The van der Waals surface area contributed by atoms with Crippen LogP contribution in [0.3, 0.4) is 0 Å². The van der Waals surface area contributed by atoms with Gasteiger partial charge < -0.3 is 14.6 Å². The summed E-state index contributed by atoms with van der Waals surface area (Å²) < 4.78 is 10.0. The molecule has 0 spiro atoms. The molecule has 1 N–H and O–H groups in total. The molecule has 126 valence electrons. The van der Waals surface area contributed by atoms with Crippen LogP contribution in [0.15, 0.2) is 40.9 Å². The van der Waals surface area contributed by atoms with Crippen molar-refractivity contribution in [1.82, 2.24) is 5.16 Å². The fourth-order valence-corrected chi connectivity index (χ4v) is 2.11. The number of aryl methyl sites for hydroxylation is 1. The van der Waals surface area contributed by atoms with Gasteiger partial charge in [-0.3, -0.25) is 4.79 Å². The zero-order chi connectivity index (χ0) is 17.5. The largest absolute Gasteiger partial charge is 0.449 e. The molecule has 1 atom stereocenters. The number of anilines is 1. The third kappa shape index (κ3) is 5.24. The zero-order valence-corrected chi connectivity index (χ0v) is 14.0. The normalized spacial score (nSPS) is 12.1. The Morgan fingerprint density at radius 2 is 2.21 bits per heavy atom. The third-order valence-corrected chi connectivity index (χ3v) is 3.30. The second-order valence-electron chi connectivity index (χ2n) is 5.03. The molecular formula is C17H17ClN2O4. The molecule has 1 aromatic carbocycles. The van der Waals surface area contributed by atoms with Gasteiger partial charge in [-0.2, -0.15) is 0 Å². The molecule has 1 unspecified atom stereocenters. The first-order valence-corrected chi connectivity index (χ1v) is 7.74. The van der Waals surface area contributed by atoms with E-state index >= 15 is 0 Å². The smallest absolute Gasteiger partial charge is 0.331 e. The lowest BCUT2D eigenvalue weighted by Gasteiger charge is -2.13. The predicted octanol–water partition coefficient (Wildman–Crippen LogP) is 3.61. The Morgan fingerprint density at radius 1 is 1.42 bits per heavy atom. The molecule has 0 aliphatic carbocycles. The topological polar surface area (TPSA) is 81.4 Å². The molecule has 0 radical (unpaired) electrons. The molecule has 0 saturated heterocycles. The lowest BCUT2D eigenvalue weighted by atomic mass is 10.2. The Morgan fingerprint density at radius 3 is 2.83 bits per heavy atom. The van der Waals surface area contributed by atoms with E-state index in [9.17, 15) is 9.59 Å². The number of benzene rings is 1. The molecular weight excluding hydrogens is 332 g/mol. The number of rotatable bonds is 6. The fourth-order valence-electron chi connectivity index (χ4n) is 1.91. The number of carbonyl (C=O) groups excluding carboxylic acids is 2. The van der Waals surface area contributed by atoms with Crippen LogP contribution in [0, 0.1) is 6.92 Å². The SMILES string of the molecule is CCC(OC(=O)/C=C/c1cccc(Cl)c1)C(=O)Nc1cc(C)on1. The summed E-state index contributed by atoms with van der Waals surface area (Å²) in [7, 11) is 0. The van der Waals surface area contributed by atoms with Gasteiger partial charge in [0, 0.05) is 17.2 Å². The lowest BCUT2D eigenvalue weighted by molar-refractivity contribution is -0.149. The molecule has 0 fully saturated rings. The highest BCUT2D eigenvalue weighted by Gasteiger charge is 2.21. The first kappa shape index (κ1) is 17.7. The van der Waals surface area contributed by atoms with Crippen molar-refractivity contribution in [3.8, 4) is 0 Å². The van der Waals surface area contributed by atoms with Gasteiger partial charge in [0.2, 0.25) is 0 Å². The van der Waals surface area contributed by atoms with Crippen LogP contribution in [-0.2, 0) is 14.3 Å². The van der Waals surface area contributed by atoms with Crippen molar-refractivity contribution in [2.24, 2.45) is 0 Å². The minimum atomic E-state index is -0.918. The molecule has 0 saturated carbocycles. The number of esters is 1. The van der Waals surface area contributed by atoms with Gasteiger partial charge in [-0.05, 0) is 37.1 Å². The Kier molecular flexibility index (Phi) is 6.14. The van der Waals surface area contributed by atoms with Crippen LogP contribution in [0.4, 0.5) is 5.82 Å². The van der Waals surface area contributed by atoms with Crippen LogP contribution >= 0.6 is 11.6 Å². The maximum absolute atomic E-state index is 12.1. The van der Waals surface area contributed by atoms with E-state index in [-0.39, 0.29) is 5.82 Å². The van der Waals surface area contributed by atoms with Crippen LogP contribution in [0.2, 0.25) is 5.02 Å². The fraction of sp³-hybridized carbons (Fsp3) is 0.235. The number of halogens is 1. The molecule has 2 rings (SSSR count). The van der Waals surface area contributed by atoms with Gasteiger partial charge in [-0.1, -0.05) is 35.8 Å². The molecule has 1 amide bonds. The van der Waals surface area contributed by atoms with E-state index in [0.717, 1.165) is 5.56 Å². The Hall–Kier alpha value is -2.60. The maximum atomic E-state index is 12.1. The molecule has 6 nitrogen and oxygen atoms in total. The van der Waals surface area contributed by atoms with Gasteiger partial charge in [0.1, 0.15) is 5.76 Å². The van der Waals surface area contributed by atoms with Gasteiger partial charge >= 0.3 is 5.97 Å². The maximum Gasteiger partial charge on any atom is 0.331 e. The number of carbonyl (C=O) groups is 2. The zero-order valence-electron chi connectivity index (χ0n) is 13.3. The second kappa shape index (κ2) is 8.31. The van der Waals surface area contributed by atoms with E-state index < -0.39 is 18.0 Å². The van der Waals surface area contributed by atoms with E-state index in [1.165, 1.54) is 6.08 Å². The van der Waals surface area contributed by atoms with Crippen molar-refractivity contribution in [3.05, 3.63) is 52.8 Å². The summed E-state index contributed by atoms with van der Waals surface area (Å²) in [6.45, 7) is 3.45. The van der Waals surface area contributed by atoms with Gasteiger partial charge in [0.25, 0.3) is 5.91 Å². The number of hydrogen-bond donors (Lipinski definition) is 1. The van der Waals surface area contributed by atoms with E-state index in [4.69, 9.17) is 20.9 Å². The summed E-state index contributed by atoms with van der Waals surface area (Å²) in [6.07, 6.45) is 2.24. The van der Waals surface area contributed by atoms with E-state index in [1.807, 2.05) is 0 Å². The number of nitrogens with one attached hydrogen (secondary N) is 1. The molecule has 1 heterocycles. The monoisotopic (exact) mass is 348 g/mol. The summed E-state index contributed by atoms with van der Waals surface area (Å²) in [5, 5.41) is 6.77. The number of hydrogen-bond acceptors (Lipinski definition) is 5. The first-order valence-electron chi connectivity index (χ1n) is 7.36. The number of nitrogens with zero attached hydrogens (tertiary/aromatic N) is 1. The highest BCUT2D eigenvalue weighted by Crippen LogP contribution is 2.13. The van der Waals surface area contributed by atoms with Gasteiger partial charge in [-0.15, -0.1) is 0 Å². The number of amides is 1. The lowest BCUT2D eigenvalue weighted by Crippen LogP contribution is -2.31. The second-order valence-corrected chi connectivity index (χ2v) is 5.47. The van der Waals surface area contributed by atoms with Crippen LogP contribution in [0.1, 0.15) is 24.7 Å². The van der Waals surface area contributed by atoms with E-state index in [2.05, 4.69) is 10.5 Å². The number of ether oxygens (including phenoxy) is 1.